The summed E-state index contributed by atoms with van der Waals surface area (Å²) in [5.41, 5.74) is 1.43. The Balaban J connectivity index is 1.38. The number of benzene rings is 1. The SMILES string of the molecule is Cc1ncsc1-c1ccc(CNC(=O)[C@@H]2C[C@@H](O)CN2C(=O)C(NC(=O)C2(F)CC2)C(C)(C)C)c(OCCOCCOCCNC(=O)O)c1. The molecule has 1 saturated carbocycles. The molecular formula is C33H46FN5O9S. The first-order valence-corrected chi connectivity index (χ1v) is 17.1. The van der Waals surface area contributed by atoms with Crippen LogP contribution in [0.4, 0.5) is 9.18 Å². The predicted molar refractivity (Wildman–Crippen MR) is 178 cm³/mol. The third kappa shape index (κ3) is 10.6. The molecule has 1 aliphatic carbocycles. The minimum Gasteiger partial charge on any atom is -0.491 e. The van der Waals surface area contributed by atoms with Gasteiger partial charge < -0.3 is 45.3 Å². The highest BCUT2D eigenvalue weighted by molar-refractivity contribution is 7.13. The second-order valence-electron chi connectivity index (χ2n) is 13.2. The molecule has 14 nitrogen and oxygen atoms in total. The molecule has 4 amide bonds. The molecule has 5 N–H and O–H groups in total. The summed E-state index contributed by atoms with van der Waals surface area (Å²) >= 11 is 1.49. The number of halogens is 1. The van der Waals surface area contributed by atoms with E-state index in [0.717, 1.165) is 16.1 Å². The van der Waals surface area contributed by atoms with Crippen molar-refractivity contribution < 1.29 is 48.0 Å². The number of nitrogens with zero attached hydrogens (tertiary/aromatic N) is 2. The number of aliphatic hydroxyl groups is 1. The first-order chi connectivity index (χ1) is 23.2. The Bertz CT molecular complexity index is 1480. The van der Waals surface area contributed by atoms with Gasteiger partial charge in [0.05, 0.1) is 48.6 Å². The number of nitrogens with one attached hydrogen (secondary N) is 3. The zero-order chi connectivity index (χ0) is 35.8. The van der Waals surface area contributed by atoms with Crippen molar-refractivity contribution in [3.05, 3.63) is 35.0 Å². The van der Waals surface area contributed by atoms with Gasteiger partial charge in [-0.15, -0.1) is 11.3 Å². The molecule has 1 aromatic carbocycles. The molecule has 1 aromatic heterocycles. The Labute approximate surface area is 288 Å². The number of hydrogen-bond acceptors (Lipinski definition) is 10. The Morgan fingerprint density at radius 1 is 1.10 bits per heavy atom. The van der Waals surface area contributed by atoms with Crippen molar-refractivity contribution in [1.82, 2.24) is 25.8 Å². The van der Waals surface area contributed by atoms with Gasteiger partial charge in [-0.3, -0.25) is 14.4 Å². The van der Waals surface area contributed by atoms with Gasteiger partial charge in [0.25, 0.3) is 5.91 Å². The second-order valence-corrected chi connectivity index (χ2v) is 14.1. The molecule has 3 atom stereocenters. The van der Waals surface area contributed by atoms with Gasteiger partial charge >= 0.3 is 6.09 Å². The fourth-order valence-electron chi connectivity index (χ4n) is 5.34. The molecule has 0 radical (unpaired) electrons. The Kier molecular flexibility index (Phi) is 12.9. The number of β-amino-alcohol motifs (C(OH)–C–C–N with tert-alkyl or cyclic N) is 1. The summed E-state index contributed by atoms with van der Waals surface area (Å²) in [6.45, 7) is 8.54. The van der Waals surface area contributed by atoms with Gasteiger partial charge in [0.1, 0.15) is 24.4 Å². The third-order valence-electron chi connectivity index (χ3n) is 8.26. The molecule has 2 fully saturated rings. The van der Waals surface area contributed by atoms with Crippen LogP contribution in [0.1, 0.15) is 51.3 Å². The lowest BCUT2D eigenvalue weighted by atomic mass is 9.85. The number of aromatic nitrogens is 1. The van der Waals surface area contributed by atoms with Crippen molar-refractivity contribution >= 4 is 35.2 Å². The number of alkyl halides is 1. The van der Waals surface area contributed by atoms with Crippen LogP contribution in [-0.2, 0) is 30.4 Å². The maximum atomic E-state index is 14.5. The number of carboxylic acid groups (broad SMARTS) is 1. The molecule has 0 spiro atoms. The van der Waals surface area contributed by atoms with Gasteiger partial charge in [0, 0.05) is 31.6 Å². The van der Waals surface area contributed by atoms with Crippen LogP contribution < -0.4 is 20.7 Å². The molecule has 2 aliphatic rings. The number of thiazole rings is 1. The largest absolute Gasteiger partial charge is 0.491 e. The molecule has 4 rings (SSSR count). The van der Waals surface area contributed by atoms with E-state index in [-0.39, 0.29) is 71.9 Å². The van der Waals surface area contributed by atoms with Crippen LogP contribution in [0.25, 0.3) is 10.4 Å². The number of likely N-dealkylation sites (tertiary alicyclic amines) is 1. The second kappa shape index (κ2) is 16.7. The van der Waals surface area contributed by atoms with Crippen LogP contribution in [0.3, 0.4) is 0 Å². The topological polar surface area (TPSA) is 189 Å². The Morgan fingerprint density at radius 2 is 1.80 bits per heavy atom. The lowest BCUT2D eigenvalue weighted by Gasteiger charge is -2.35. The van der Waals surface area contributed by atoms with Crippen LogP contribution >= 0.6 is 11.3 Å². The average Bonchev–Trinajstić information content (AvgIpc) is 3.45. The Morgan fingerprint density at radius 3 is 2.43 bits per heavy atom. The van der Waals surface area contributed by atoms with Crippen LogP contribution in [-0.4, -0.2) is 114 Å². The van der Waals surface area contributed by atoms with Crippen molar-refractivity contribution in [3.63, 3.8) is 0 Å². The zero-order valence-corrected chi connectivity index (χ0v) is 29.1. The number of carbonyl (C=O) groups excluding carboxylic acids is 3. The maximum Gasteiger partial charge on any atom is 0.404 e. The van der Waals surface area contributed by atoms with Crippen molar-refractivity contribution in [1.29, 1.82) is 0 Å². The van der Waals surface area contributed by atoms with Crippen molar-refractivity contribution in [3.8, 4) is 16.2 Å². The zero-order valence-electron chi connectivity index (χ0n) is 28.3. The van der Waals surface area contributed by atoms with E-state index in [9.17, 15) is 28.7 Å². The number of amides is 4. The highest BCUT2D eigenvalue weighted by Gasteiger charge is 2.53. The van der Waals surface area contributed by atoms with E-state index in [1.54, 1.807) is 26.3 Å². The van der Waals surface area contributed by atoms with Gasteiger partial charge in [0.15, 0.2) is 5.67 Å². The first kappa shape index (κ1) is 38.0. The number of aliphatic hydroxyl groups excluding tert-OH is 1. The maximum absolute atomic E-state index is 14.5. The number of carbonyl (C=O) groups is 4. The monoisotopic (exact) mass is 707 g/mol. The van der Waals surface area contributed by atoms with Gasteiger partial charge in [0.2, 0.25) is 11.8 Å². The summed E-state index contributed by atoms with van der Waals surface area (Å²) in [5, 5.41) is 26.7. The van der Waals surface area contributed by atoms with E-state index >= 15 is 0 Å². The fourth-order valence-corrected chi connectivity index (χ4v) is 6.14. The standard InChI is InChI=1S/C33H46FN5O9S/c1-20-26(49-19-37-20)21-5-6-22(25(15-21)48-14-13-47-12-11-46-10-9-35-31(44)45)17-36-28(41)24-16-23(40)18-39(24)29(42)27(32(2,3)4)38-30(43)33(34)7-8-33/h5-6,15,19,23-24,27,35,40H,7-14,16-18H2,1-4H3,(H,36,41)(H,38,43)(H,44,45)/t23-,24+,27?/m1/s1. The predicted octanol–water partition coefficient (Wildman–Crippen LogP) is 2.41. The summed E-state index contributed by atoms with van der Waals surface area (Å²) in [6.07, 6.45) is -1.84. The van der Waals surface area contributed by atoms with Crippen LogP contribution in [0, 0.1) is 12.3 Å². The van der Waals surface area contributed by atoms with E-state index in [1.807, 2.05) is 25.1 Å². The number of ether oxygens (including phenoxy) is 3. The number of hydrogen-bond donors (Lipinski definition) is 5. The third-order valence-corrected chi connectivity index (χ3v) is 9.23. The van der Waals surface area contributed by atoms with E-state index in [4.69, 9.17) is 19.3 Å². The fraction of sp³-hybridized carbons (Fsp3) is 0.606. The summed E-state index contributed by atoms with van der Waals surface area (Å²) in [7, 11) is 0. The highest BCUT2D eigenvalue weighted by Crippen LogP contribution is 2.40. The van der Waals surface area contributed by atoms with Crippen LogP contribution in [0.2, 0.25) is 0 Å². The van der Waals surface area contributed by atoms with Crippen molar-refractivity contribution in [2.24, 2.45) is 5.41 Å². The molecule has 16 heteroatoms. The molecule has 1 saturated heterocycles. The lowest BCUT2D eigenvalue weighted by molar-refractivity contribution is -0.145. The molecule has 270 valence electrons. The van der Waals surface area contributed by atoms with Crippen molar-refractivity contribution in [2.45, 2.75) is 77.4 Å². The number of aryl methyl sites for hydroxylation is 1. The van der Waals surface area contributed by atoms with E-state index < -0.39 is 53.1 Å². The first-order valence-electron chi connectivity index (χ1n) is 16.2. The number of rotatable bonds is 17. The quantitative estimate of drug-likeness (QED) is 0.153. The summed E-state index contributed by atoms with van der Waals surface area (Å²) < 4.78 is 31.5. The van der Waals surface area contributed by atoms with Crippen molar-refractivity contribution in [2.75, 3.05) is 46.1 Å². The van der Waals surface area contributed by atoms with Gasteiger partial charge in [-0.25, -0.2) is 14.2 Å². The molecule has 1 aliphatic heterocycles. The lowest BCUT2D eigenvalue weighted by Crippen LogP contribution is -2.59. The van der Waals surface area contributed by atoms with E-state index in [1.165, 1.54) is 16.2 Å². The average molecular weight is 708 g/mol. The highest BCUT2D eigenvalue weighted by atomic mass is 32.1. The minimum atomic E-state index is -1.97. The normalized spacial score (nSPS) is 18.9. The van der Waals surface area contributed by atoms with Gasteiger partial charge in [-0.1, -0.05) is 32.9 Å². The molecular weight excluding hydrogens is 661 g/mol. The van der Waals surface area contributed by atoms with E-state index in [2.05, 4.69) is 20.9 Å². The molecule has 2 heterocycles. The molecule has 1 unspecified atom stereocenters. The van der Waals surface area contributed by atoms with E-state index in [0.29, 0.717) is 11.3 Å². The Hall–Kier alpha value is -3.86. The van der Waals surface area contributed by atoms with Gasteiger partial charge in [-0.2, -0.15) is 0 Å². The summed E-state index contributed by atoms with van der Waals surface area (Å²) in [5.74, 6) is -1.36. The smallest absolute Gasteiger partial charge is 0.404 e. The van der Waals surface area contributed by atoms with Gasteiger partial charge in [-0.05, 0) is 36.8 Å². The summed E-state index contributed by atoms with van der Waals surface area (Å²) in [6, 6.07) is 3.52. The summed E-state index contributed by atoms with van der Waals surface area (Å²) in [4.78, 5) is 56.9. The minimum absolute atomic E-state index is 0.0134. The van der Waals surface area contributed by atoms with Crippen LogP contribution in [0.15, 0.2) is 23.7 Å². The molecule has 2 aromatic rings. The van der Waals surface area contributed by atoms with Crippen LogP contribution in [0.5, 0.6) is 5.75 Å². The molecule has 49 heavy (non-hydrogen) atoms. The molecule has 0 bridgehead atoms.